The first-order valence-electron chi connectivity index (χ1n) is 15.4. The second kappa shape index (κ2) is 20.7. The van der Waals surface area contributed by atoms with Gasteiger partial charge in [0.15, 0.2) is 5.69 Å². The van der Waals surface area contributed by atoms with Gasteiger partial charge < -0.3 is 25.0 Å². The lowest BCUT2D eigenvalue weighted by Crippen LogP contribution is -2.56. The Bertz CT molecular complexity index is 1540. The normalized spacial score (nSPS) is 16.9. The maximum absolute atomic E-state index is 14.8. The van der Waals surface area contributed by atoms with Crippen molar-refractivity contribution in [3.63, 3.8) is 0 Å². The van der Waals surface area contributed by atoms with Crippen LogP contribution in [0.3, 0.4) is 0 Å². The topological polar surface area (TPSA) is 177 Å². The monoisotopic (exact) mass is 701 g/mol. The minimum Gasteiger partial charge on any atom is -0.478 e. The molecule has 266 valence electrons. The van der Waals surface area contributed by atoms with Crippen molar-refractivity contribution in [3.05, 3.63) is 70.7 Å². The van der Waals surface area contributed by atoms with Crippen molar-refractivity contribution in [3.8, 4) is 5.69 Å². The molecule has 0 unspecified atom stereocenters. The molecule has 2 aromatic heterocycles. The van der Waals surface area contributed by atoms with Crippen molar-refractivity contribution >= 4 is 35.3 Å². The second-order valence-electron chi connectivity index (χ2n) is 11.3. The van der Waals surface area contributed by atoms with Gasteiger partial charge in [-0.3, -0.25) is 9.59 Å². The summed E-state index contributed by atoms with van der Waals surface area (Å²) < 4.78 is 21.7. The first-order valence-corrected chi connectivity index (χ1v) is 16.3. The molecule has 2 aliphatic heterocycles. The predicted molar refractivity (Wildman–Crippen MR) is 178 cm³/mol. The van der Waals surface area contributed by atoms with Gasteiger partial charge in [-0.15, -0.1) is 16.4 Å². The van der Waals surface area contributed by atoms with E-state index in [4.69, 9.17) is 19.4 Å². The number of hydrogen-bond donors (Lipinski definition) is 2. The summed E-state index contributed by atoms with van der Waals surface area (Å²) in [4.78, 5) is 61.1. The number of carbonyl (C=O) groups is 3. The van der Waals surface area contributed by atoms with Crippen LogP contribution in [0.4, 0.5) is 4.39 Å². The zero-order chi connectivity index (χ0) is 35.1. The lowest BCUT2D eigenvalue weighted by Gasteiger charge is -2.40. The Morgan fingerprint density at radius 1 is 1.20 bits per heavy atom. The average molecular weight is 702 g/mol. The number of amides is 2. The Labute approximate surface area is 288 Å². The highest BCUT2D eigenvalue weighted by atomic mass is 32.1. The number of morpholine rings is 1. The zero-order valence-corrected chi connectivity index (χ0v) is 27.7. The van der Waals surface area contributed by atoms with Crippen LogP contribution in [0, 0.1) is 17.7 Å². The molecule has 0 aliphatic carbocycles. The quantitative estimate of drug-likeness (QED) is 0.297. The smallest absolute Gasteiger partial charge is 0.373 e. The standard InChI is InChI=1S/C28H36FN7O3S.C3H4O2.CO2.CH4/c1-19(2)18-35(21-15-20(16-30-17-21)27(37)34-10-12-39-13-11-34)28(38)26-24(7-8-25-31-9-14-40-25)36(33-32-26)23-6-4-3-5-22(23)29;1-2-3(4)5;2-1-3;/h3-6,9,14,19-21,30H,7-8,10-13,15-18H2,1-2H3;2H,1H2,(H,4,5);;1H4/t20-,21+;;;/m1.../s1. The number of nitrogens with zero attached hydrogens (tertiary/aromatic N) is 6. The third-order valence-corrected chi connectivity index (χ3v) is 8.38. The van der Waals surface area contributed by atoms with Gasteiger partial charge in [-0.1, -0.05) is 45.2 Å². The largest absolute Gasteiger partial charge is 0.478 e. The van der Waals surface area contributed by atoms with E-state index in [9.17, 15) is 18.8 Å². The van der Waals surface area contributed by atoms with E-state index in [2.05, 4.69) is 41.0 Å². The number of rotatable bonds is 10. The Kier molecular flexibility index (Phi) is 17.1. The van der Waals surface area contributed by atoms with Crippen molar-refractivity contribution in [2.75, 3.05) is 45.9 Å². The molecule has 0 spiro atoms. The van der Waals surface area contributed by atoms with Crippen LogP contribution in [-0.4, -0.2) is 111 Å². The number of thiazole rings is 1. The lowest BCUT2D eigenvalue weighted by atomic mass is 9.92. The van der Waals surface area contributed by atoms with Crippen LogP contribution in [0.5, 0.6) is 0 Å². The molecule has 2 fully saturated rings. The molecule has 14 nitrogen and oxygen atoms in total. The molecular weight excluding hydrogens is 657 g/mol. The maximum Gasteiger partial charge on any atom is 0.373 e. The number of nitrogens with one attached hydrogen (secondary N) is 1. The number of carbonyl (C=O) groups excluding carboxylic acids is 4. The van der Waals surface area contributed by atoms with Gasteiger partial charge in [-0.2, -0.15) is 9.59 Å². The predicted octanol–water partition coefficient (Wildman–Crippen LogP) is 2.89. The molecule has 2 aliphatic rings. The van der Waals surface area contributed by atoms with E-state index in [1.807, 2.05) is 15.2 Å². The van der Waals surface area contributed by atoms with Gasteiger partial charge in [0.2, 0.25) is 5.91 Å². The Hall–Kier alpha value is -4.63. The molecule has 0 bridgehead atoms. The van der Waals surface area contributed by atoms with Crippen molar-refractivity contribution in [2.45, 2.75) is 46.6 Å². The number of benzene rings is 1. The first-order chi connectivity index (χ1) is 23.1. The fraction of sp³-hybridized carbons (Fsp3) is 0.485. The molecule has 2 saturated heterocycles. The lowest BCUT2D eigenvalue weighted by molar-refractivity contribution is -0.191. The molecule has 0 radical (unpaired) electrons. The van der Waals surface area contributed by atoms with Gasteiger partial charge in [0, 0.05) is 62.8 Å². The van der Waals surface area contributed by atoms with Crippen molar-refractivity contribution in [1.82, 2.24) is 35.1 Å². The van der Waals surface area contributed by atoms with Crippen molar-refractivity contribution in [2.24, 2.45) is 11.8 Å². The summed E-state index contributed by atoms with van der Waals surface area (Å²) in [7, 11) is 0. The minimum absolute atomic E-state index is 0. The van der Waals surface area contributed by atoms with Crippen LogP contribution in [0.25, 0.3) is 5.69 Å². The van der Waals surface area contributed by atoms with Crippen molar-refractivity contribution < 1.29 is 38.2 Å². The molecule has 5 rings (SSSR count). The van der Waals surface area contributed by atoms with E-state index < -0.39 is 11.8 Å². The third kappa shape index (κ3) is 11.8. The fourth-order valence-electron chi connectivity index (χ4n) is 5.42. The molecule has 49 heavy (non-hydrogen) atoms. The average Bonchev–Trinajstić information content (AvgIpc) is 3.77. The summed E-state index contributed by atoms with van der Waals surface area (Å²) in [6, 6.07) is 6.16. The Morgan fingerprint density at radius 3 is 2.47 bits per heavy atom. The summed E-state index contributed by atoms with van der Waals surface area (Å²) in [5.74, 6) is -1.60. The van der Waals surface area contributed by atoms with Crippen LogP contribution in [0.2, 0.25) is 0 Å². The van der Waals surface area contributed by atoms with Crippen LogP contribution >= 0.6 is 11.3 Å². The van der Waals surface area contributed by atoms with E-state index in [0.717, 1.165) is 11.1 Å². The van der Waals surface area contributed by atoms with Gasteiger partial charge in [-0.05, 0) is 30.9 Å². The summed E-state index contributed by atoms with van der Waals surface area (Å²) >= 11 is 1.53. The molecule has 2 amide bonds. The molecule has 3 aromatic rings. The highest BCUT2D eigenvalue weighted by Gasteiger charge is 2.37. The number of para-hydroxylation sites is 1. The van der Waals surface area contributed by atoms with Gasteiger partial charge in [-0.25, -0.2) is 18.9 Å². The number of hydrogen-bond acceptors (Lipinski definition) is 11. The van der Waals surface area contributed by atoms with Crippen LogP contribution in [-0.2, 0) is 36.8 Å². The number of ether oxygens (including phenoxy) is 1. The molecule has 1 aromatic carbocycles. The molecule has 4 heterocycles. The van der Waals surface area contributed by atoms with Gasteiger partial charge in [0.25, 0.3) is 5.91 Å². The maximum atomic E-state index is 14.8. The van der Waals surface area contributed by atoms with E-state index in [-0.39, 0.29) is 54.7 Å². The number of piperidine rings is 1. The number of aliphatic carboxylic acids is 1. The fourth-order valence-corrected chi connectivity index (χ4v) is 6.05. The number of aryl methyl sites for hydroxylation is 1. The van der Waals surface area contributed by atoms with Gasteiger partial charge in [0.05, 0.1) is 29.8 Å². The summed E-state index contributed by atoms with van der Waals surface area (Å²) in [6.45, 7) is 11.0. The van der Waals surface area contributed by atoms with Crippen LogP contribution < -0.4 is 5.32 Å². The third-order valence-electron chi connectivity index (χ3n) is 7.54. The molecular formula is C33H44FN7O7S. The number of halogens is 1. The number of carboxylic acids is 1. The minimum atomic E-state index is -0.981. The number of aromatic nitrogens is 4. The van der Waals surface area contributed by atoms with Gasteiger partial charge >= 0.3 is 12.1 Å². The highest BCUT2D eigenvalue weighted by molar-refractivity contribution is 7.09. The summed E-state index contributed by atoms with van der Waals surface area (Å²) in [5.41, 5.74) is 1.000. The molecule has 2 atom stereocenters. The van der Waals surface area contributed by atoms with Crippen LogP contribution in [0.1, 0.15) is 48.9 Å². The highest BCUT2D eigenvalue weighted by Crippen LogP contribution is 2.25. The molecule has 2 N–H and O–H groups in total. The SMILES string of the molecule is C.C=CC(=O)O.CC(C)CN(C(=O)c1nnn(-c2ccccc2F)c1CCc1nccs1)[C@@H]1CNC[C@H](C(=O)N2CCOCC2)C1.O=C=O. The van der Waals surface area contributed by atoms with E-state index >= 15 is 0 Å². The zero-order valence-electron chi connectivity index (χ0n) is 26.9. The van der Waals surface area contributed by atoms with E-state index in [0.29, 0.717) is 70.9 Å². The Balaban J connectivity index is 0.000000837. The molecule has 16 heteroatoms. The first kappa shape index (κ1) is 40.5. The Morgan fingerprint density at radius 2 is 1.88 bits per heavy atom. The molecule has 0 saturated carbocycles. The second-order valence-corrected chi connectivity index (χ2v) is 12.3. The summed E-state index contributed by atoms with van der Waals surface area (Å²) in [6.07, 6.45) is 4.39. The van der Waals surface area contributed by atoms with Crippen LogP contribution in [0.15, 0.2) is 48.5 Å². The van der Waals surface area contributed by atoms with E-state index in [1.54, 1.807) is 24.4 Å². The summed E-state index contributed by atoms with van der Waals surface area (Å²) in [5, 5.41) is 22.4. The number of carboxylic acid groups (broad SMARTS) is 1. The van der Waals surface area contributed by atoms with Crippen molar-refractivity contribution in [1.29, 1.82) is 0 Å². The van der Waals surface area contributed by atoms with Gasteiger partial charge in [0.1, 0.15) is 11.5 Å². The van der Waals surface area contributed by atoms with E-state index in [1.165, 1.54) is 22.1 Å².